The van der Waals surface area contributed by atoms with Gasteiger partial charge in [0.2, 0.25) is 0 Å². The smallest absolute Gasteiger partial charge is 0.312 e. The molecule has 3 aliphatic rings. The van der Waals surface area contributed by atoms with Gasteiger partial charge in [-0.15, -0.1) is 0 Å². The molecule has 0 aromatic heterocycles. The van der Waals surface area contributed by atoms with Crippen molar-refractivity contribution >= 4 is 23.9 Å². The summed E-state index contributed by atoms with van der Waals surface area (Å²) in [5, 5.41) is 33.4. The van der Waals surface area contributed by atoms with Gasteiger partial charge < -0.3 is 34.3 Å². The Morgan fingerprint density at radius 1 is 1.05 bits per heavy atom. The number of rotatable bonds is 4. The first-order chi connectivity index (χ1) is 17.2. The molecule has 0 amide bonds. The van der Waals surface area contributed by atoms with Crippen LogP contribution in [0.15, 0.2) is 11.6 Å². The van der Waals surface area contributed by atoms with Gasteiger partial charge in [-0.3, -0.25) is 19.2 Å². The maximum atomic E-state index is 12.8. The minimum atomic E-state index is -2.11. The fourth-order valence-electron chi connectivity index (χ4n) is 6.52. The number of carbonyl (C=O) groups excluding carboxylic acids is 4. The van der Waals surface area contributed by atoms with E-state index >= 15 is 0 Å². The molecular formula is C26H38O11. The number of aliphatic hydroxyl groups excluding tert-OH is 2. The van der Waals surface area contributed by atoms with Gasteiger partial charge in [0, 0.05) is 38.5 Å². The van der Waals surface area contributed by atoms with Crippen molar-refractivity contribution in [1.82, 2.24) is 0 Å². The molecule has 3 rings (SSSR count). The van der Waals surface area contributed by atoms with Crippen LogP contribution < -0.4 is 0 Å². The molecule has 2 fully saturated rings. The summed E-state index contributed by atoms with van der Waals surface area (Å²) in [6.07, 6.45) is -3.85. The van der Waals surface area contributed by atoms with Gasteiger partial charge in [-0.1, -0.05) is 13.8 Å². The molecule has 0 radical (unpaired) electrons. The maximum Gasteiger partial charge on any atom is 0.312 e. The number of hydrogen-bond donors (Lipinski definition) is 3. The van der Waals surface area contributed by atoms with E-state index in [-0.39, 0.29) is 19.3 Å². The van der Waals surface area contributed by atoms with Crippen LogP contribution in [0.1, 0.15) is 60.8 Å². The zero-order valence-corrected chi connectivity index (χ0v) is 22.1. The summed E-state index contributed by atoms with van der Waals surface area (Å²) in [5.41, 5.74) is -2.99. The highest BCUT2D eigenvalue weighted by Gasteiger charge is 2.68. The van der Waals surface area contributed by atoms with Gasteiger partial charge in [0.15, 0.2) is 11.7 Å². The van der Waals surface area contributed by atoms with Crippen molar-refractivity contribution in [1.29, 1.82) is 0 Å². The average molecular weight is 527 g/mol. The standard InChI is InChI=1S/C26H38O11/c1-12-18(31)10-20(35-15(4)29)25(6)19(34-14(3)28)8-7-17(11-27)9-21-26(33,13(2)24(32)37-21)23(22(12)25)36-16(5)30/h9,12-13,18-23,27,31,33H,7-8,10-11H2,1-6H3. The largest absolute Gasteiger partial charge is 0.462 e. The van der Waals surface area contributed by atoms with Gasteiger partial charge in [0.25, 0.3) is 0 Å². The third-order valence-electron chi connectivity index (χ3n) is 8.49. The van der Waals surface area contributed by atoms with E-state index in [9.17, 15) is 34.5 Å². The van der Waals surface area contributed by atoms with Gasteiger partial charge in [-0.25, -0.2) is 0 Å². The summed E-state index contributed by atoms with van der Waals surface area (Å²) in [6, 6.07) is 0. The number of hydrogen-bond acceptors (Lipinski definition) is 11. The molecule has 10 atom stereocenters. The Labute approximate surface area is 216 Å². The second-order valence-corrected chi connectivity index (χ2v) is 10.8. The highest BCUT2D eigenvalue weighted by molar-refractivity contribution is 5.77. The summed E-state index contributed by atoms with van der Waals surface area (Å²) in [4.78, 5) is 49.6. The molecule has 208 valence electrons. The van der Waals surface area contributed by atoms with Crippen LogP contribution in [0.5, 0.6) is 0 Å². The van der Waals surface area contributed by atoms with E-state index in [4.69, 9.17) is 18.9 Å². The molecule has 1 heterocycles. The van der Waals surface area contributed by atoms with Crippen molar-refractivity contribution in [2.75, 3.05) is 6.61 Å². The molecule has 1 saturated heterocycles. The van der Waals surface area contributed by atoms with Crippen LogP contribution in [-0.4, -0.2) is 81.9 Å². The molecule has 1 saturated carbocycles. The molecule has 0 aromatic rings. The van der Waals surface area contributed by atoms with E-state index in [1.807, 2.05) is 0 Å². The minimum Gasteiger partial charge on any atom is -0.462 e. The minimum absolute atomic E-state index is 0.00778. The third kappa shape index (κ3) is 5.13. The van der Waals surface area contributed by atoms with E-state index in [1.165, 1.54) is 26.8 Å². The summed E-state index contributed by atoms with van der Waals surface area (Å²) >= 11 is 0. The van der Waals surface area contributed by atoms with Crippen LogP contribution in [0.4, 0.5) is 0 Å². The van der Waals surface area contributed by atoms with Crippen molar-refractivity contribution in [3.63, 3.8) is 0 Å². The van der Waals surface area contributed by atoms with E-state index in [0.717, 1.165) is 6.92 Å². The number of fused-ring (bicyclic) bond motifs is 2. The fraction of sp³-hybridized carbons (Fsp3) is 0.769. The third-order valence-corrected chi connectivity index (χ3v) is 8.49. The first-order valence-corrected chi connectivity index (χ1v) is 12.6. The lowest BCUT2D eigenvalue weighted by Gasteiger charge is -2.58. The zero-order chi connectivity index (χ0) is 27.9. The number of ether oxygens (including phenoxy) is 4. The van der Waals surface area contributed by atoms with Gasteiger partial charge in [-0.2, -0.15) is 0 Å². The Kier molecular flexibility index (Phi) is 8.41. The molecule has 0 bridgehead atoms. The second-order valence-electron chi connectivity index (χ2n) is 10.8. The van der Waals surface area contributed by atoms with Crippen LogP contribution in [0.3, 0.4) is 0 Å². The van der Waals surface area contributed by atoms with E-state index in [1.54, 1.807) is 13.8 Å². The van der Waals surface area contributed by atoms with Crippen LogP contribution >= 0.6 is 0 Å². The monoisotopic (exact) mass is 526 g/mol. The Bertz CT molecular complexity index is 960. The van der Waals surface area contributed by atoms with Crippen molar-refractivity contribution in [2.45, 2.75) is 96.9 Å². The Morgan fingerprint density at radius 3 is 2.16 bits per heavy atom. The Morgan fingerprint density at radius 2 is 1.62 bits per heavy atom. The number of esters is 4. The van der Waals surface area contributed by atoms with Crippen LogP contribution in [0.25, 0.3) is 0 Å². The molecule has 11 nitrogen and oxygen atoms in total. The first kappa shape index (κ1) is 29.1. The van der Waals surface area contributed by atoms with Gasteiger partial charge in [0.05, 0.1) is 18.6 Å². The van der Waals surface area contributed by atoms with Crippen LogP contribution in [0.2, 0.25) is 0 Å². The van der Waals surface area contributed by atoms with Crippen molar-refractivity contribution < 1.29 is 53.4 Å². The summed E-state index contributed by atoms with van der Waals surface area (Å²) in [7, 11) is 0. The van der Waals surface area contributed by atoms with Crippen molar-refractivity contribution in [3.8, 4) is 0 Å². The number of aliphatic hydroxyl groups is 3. The molecule has 1 aliphatic heterocycles. The molecule has 11 heteroatoms. The van der Waals surface area contributed by atoms with E-state index in [0.29, 0.717) is 5.57 Å². The Balaban J connectivity index is 2.37. The fourth-order valence-corrected chi connectivity index (χ4v) is 6.52. The van der Waals surface area contributed by atoms with Crippen LogP contribution in [-0.2, 0) is 38.1 Å². The summed E-state index contributed by atoms with van der Waals surface area (Å²) < 4.78 is 22.8. The quantitative estimate of drug-likeness (QED) is 0.269. The summed E-state index contributed by atoms with van der Waals surface area (Å²) in [5.74, 6) is -5.49. The molecule has 37 heavy (non-hydrogen) atoms. The average Bonchev–Trinajstić information content (AvgIpc) is 3.01. The Hall–Kier alpha value is -2.50. The van der Waals surface area contributed by atoms with Gasteiger partial charge in [-0.05, 0) is 37.3 Å². The SMILES string of the molecule is CC(=O)OC1CCC(CO)=CC2OC(=O)C(C)C2(O)C(OC(C)=O)C2C(C)C(O)CC(OC(C)=O)C12C. The van der Waals surface area contributed by atoms with Gasteiger partial charge in [0.1, 0.15) is 18.3 Å². The predicted molar refractivity (Wildman–Crippen MR) is 126 cm³/mol. The summed E-state index contributed by atoms with van der Waals surface area (Å²) in [6.45, 7) is 8.05. The lowest BCUT2D eigenvalue weighted by molar-refractivity contribution is -0.250. The molecule has 0 aromatic carbocycles. The lowest BCUT2D eigenvalue weighted by atomic mass is 9.52. The van der Waals surface area contributed by atoms with E-state index in [2.05, 4.69) is 0 Å². The number of carbonyl (C=O) groups is 4. The van der Waals surface area contributed by atoms with E-state index < -0.39 is 89.8 Å². The molecule has 2 aliphatic carbocycles. The topological polar surface area (TPSA) is 166 Å². The first-order valence-electron chi connectivity index (χ1n) is 12.6. The lowest BCUT2D eigenvalue weighted by Crippen LogP contribution is -2.68. The van der Waals surface area contributed by atoms with Crippen LogP contribution in [0, 0.1) is 23.2 Å². The normalized spacial score (nSPS) is 41.9. The predicted octanol–water partition coefficient (Wildman–Crippen LogP) is 0.810. The molecule has 0 spiro atoms. The highest BCUT2D eigenvalue weighted by Crippen LogP contribution is 2.56. The van der Waals surface area contributed by atoms with Crippen molar-refractivity contribution in [2.24, 2.45) is 23.2 Å². The van der Waals surface area contributed by atoms with Gasteiger partial charge >= 0.3 is 23.9 Å². The maximum absolute atomic E-state index is 12.8. The second kappa shape index (κ2) is 10.7. The molecule has 10 unspecified atom stereocenters. The van der Waals surface area contributed by atoms with Crippen molar-refractivity contribution in [3.05, 3.63) is 11.6 Å². The molecular weight excluding hydrogens is 488 g/mol. The molecule has 3 N–H and O–H groups in total. The highest BCUT2D eigenvalue weighted by atomic mass is 16.6. The zero-order valence-electron chi connectivity index (χ0n) is 22.1.